The minimum Gasteiger partial charge on any atom is -0.363 e. The second-order valence-corrected chi connectivity index (χ2v) is 5.05. The smallest absolute Gasteiger partial charge is 0.171 e. The number of hydrogen-bond acceptors (Lipinski definition) is 2. The van der Waals surface area contributed by atoms with Crippen LogP contribution in [0.3, 0.4) is 0 Å². The largest absolute Gasteiger partial charge is 0.363 e. The van der Waals surface area contributed by atoms with E-state index in [1.165, 1.54) is 0 Å². The van der Waals surface area contributed by atoms with Gasteiger partial charge in [-0.25, -0.2) is 4.98 Å². The second kappa shape index (κ2) is 6.01. The Labute approximate surface area is 116 Å². The highest BCUT2D eigenvalue weighted by Crippen LogP contribution is 2.15. The van der Waals surface area contributed by atoms with Crippen LogP contribution in [0, 0.1) is 7.27 Å². The molecule has 76 valence electrons. The van der Waals surface area contributed by atoms with E-state index in [1.807, 2.05) is 19.1 Å². The quantitative estimate of drug-likeness (QED) is 0.428. The van der Waals surface area contributed by atoms with E-state index in [2.05, 4.69) is 60.8 Å². The molecule has 0 aliphatic heterocycles. The lowest BCUT2D eigenvalue weighted by molar-refractivity contribution is 0.978. The number of pyridine rings is 1. The van der Waals surface area contributed by atoms with Crippen LogP contribution < -0.4 is 10.6 Å². The van der Waals surface area contributed by atoms with E-state index in [1.54, 1.807) is 0 Å². The number of hydrogen-bond donors (Lipinski definition) is 2. The van der Waals surface area contributed by atoms with Gasteiger partial charge in [0.15, 0.2) is 5.11 Å². The third-order valence-corrected chi connectivity index (χ3v) is 4.35. The molecule has 0 amide bonds. The normalized spacial score (nSPS) is 9.64. The predicted molar refractivity (Wildman–Crippen MR) is 79.6 cm³/mol. The fourth-order valence-electron chi connectivity index (χ4n) is 0.808. The summed E-state index contributed by atoms with van der Waals surface area (Å²) in [4.78, 5) is 4.34. The van der Waals surface area contributed by atoms with E-state index >= 15 is 0 Å². The molecule has 0 bridgehead atoms. The van der Waals surface area contributed by atoms with Crippen molar-refractivity contribution in [1.29, 1.82) is 0 Å². The molecule has 0 fully saturated rings. The lowest BCUT2D eigenvalue weighted by Gasteiger charge is -2.08. The monoisotopic (exact) mass is 433 g/mol. The highest BCUT2D eigenvalue weighted by Gasteiger charge is 2.01. The average Bonchev–Trinajstić information content (AvgIpc) is 2.12. The van der Waals surface area contributed by atoms with Crippen molar-refractivity contribution in [2.75, 3.05) is 11.9 Å². The second-order valence-electron chi connectivity index (χ2n) is 2.45. The lowest BCUT2D eigenvalue weighted by atomic mass is 10.5. The van der Waals surface area contributed by atoms with Crippen LogP contribution in [-0.4, -0.2) is 16.6 Å². The molecule has 0 unspecified atom stereocenters. The molecule has 6 heteroatoms. The Morgan fingerprint density at radius 3 is 2.79 bits per heavy atom. The predicted octanol–water partition coefficient (Wildman–Crippen LogP) is 2.60. The Hall–Kier alpha value is 0.300. The van der Waals surface area contributed by atoms with Crippen LogP contribution in [0.25, 0.3) is 0 Å². The molecule has 0 saturated carbocycles. The number of thiocarbonyl (C=S) groups is 1. The molecule has 0 aromatic carbocycles. The van der Waals surface area contributed by atoms with Gasteiger partial charge in [-0.15, -0.1) is 0 Å². The Morgan fingerprint density at radius 2 is 2.21 bits per heavy atom. The van der Waals surface area contributed by atoms with Gasteiger partial charge in [0.1, 0.15) is 9.52 Å². The van der Waals surface area contributed by atoms with E-state index in [9.17, 15) is 0 Å². The molecule has 1 aromatic heterocycles. The Morgan fingerprint density at radius 1 is 1.50 bits per heavy atom. The topological polar surface area (TPSA) is 37.0 Å². The van der Waals surface area contributed by atoms with Crippen LogP contribution in [0.1, 0.15) is 6.92 Å². The summed E-state index contributed by atoms with van der Waals surface area (Å²) >= 11 is 9.49. The number of halogens is 2. The standard InChI is InChI=1S/C8H9I2N3S/c1-2-11-8(14)13-6-4-3-5(9)7(10)12-6/h3-4H,2H2,1H3,(H2,11,12,13,14). The zero-order valence-electron chi connectivity index (χ0n) is 7.47. The van der Waals surface area contributed by atoms with Gasteiger partial charge in [0.2, 0.25) is 0 Å². The first-order chi connectivity index (χ1) is 6.63. The first-order valence-corrected chi connectivity index (χ1v) is 6.57. The molecular weight excluding hydrogens is 424 g/mol. The first-order valence-electron chi connectivity index (χ1n) is 4.00. The molecule has 0 radical (unpaired) electrons. The molecule has 3 nitrogen and oxygen atoms in total. The van der Waals surface area contributed by atoms with Gasteiger partial charge in [0, 0.05) is 10.1 Å². The van der Waals surface area contributed by atoms with Gasteiger partial charge in [0.25, 0.3) is 0 Å². The van der Waals surface area contributed by atoms with Gasteiger partial charge < -0.3 is 10.6 Å². The molecule has 2 N–H and O–H groups in total. The van der Waals surface area contributed by atoms with Gasteiger partial charge in [-0.1, -0.05) is 0 Å². The molecule has 14 heavy (non-hydrogen) atoms. The van der Waals surface area contributed by atoms with Crippen molar-refractivity contribution in [1.82, 2.24) is 10.3 Å². The number of nitrogens with one attached hydrogen (secondary N) is 2. The minimum atomic E-state index is 0.608. The summed E-state index contributed by atoms with van der Waals surface area (Å²) in [7, 11) is 0. The van der Waals surface area contributed by atoms with Gasteiger partial charge in [0.05, 0.1) is 0 Å². The van der Waals surface area contributed by atoms with Crippen molar-refractivity contribution in [3.05, 3.63) is 19.4 Å². The molecule has 0 saturated heterocycles. The Kier molecular flexibility index (Phi) is 5.31. The van der Waals surface area contributed by atoms with E-state index < -0.39 is 0 Å². The van der Waals surface area contributed by atoms with Gasteiger partial charge in [-0.05, 0) is 76.5 Å². The molecule has 0 aliphatic carbocycles. The minimum absolute atomic E-state index is 0.608. The van der Waals surface area contributed by atoms with E-state index in [4.69, 9.17) is 12.2 Å². The molecule has 1 heterocycles. The van der Waals surface area contributed by atoms with Crippen molar-refractivity contribution in [3.8, 4) is 0 Å². The molecule has 1 aromatic rings. The van der Waals surface area contributed by atoms with E-state index in [0.29, 0.717) is 5.11 Å². The van der Waals surface area contributed by atoms with E-state index in [0.717, 1.165) is 19.6 Å². The van der Waals surface area contributed by atoms with Gasteiger partial charge in [-0.2, -0.15) is 0 Å². The maximum atomic E-state index is 5.04. The lowest BCUT2D eigenvalue weighted by Crippen LogP contribution is -2.28. The van der Waals surface area contributed by atoms with Crippen LogP contribution in [0.5, 0.6) is 0 Å². The highest BCUT2D eigenvalue weighted by atomic mass is 127. The fraction of sp³-hybridized carbons (Fsp3) is 0.250. The van der Waals surface area contributed by atoms with Gasteiger partial charge in [-0.3, -0.25) is 0 Å². The Bertz CT molecular complexity index is 343. The van der Waals surface area contributed by atoms with Crippen molar-refractivity contribution in [2.45, 2.75) is 6.92 Å². The molecular formula is C8H9I2N3S. The van der Waals surface area contributed by atoms with Crippen molar-refractivity contribution in [2.24, 2.45) is 0 Å². The molecule has 1 rings (SSSR count). The number of nitrogens with zero attached hydrogens (tertiary/aromatic N) is 1. The van der Waals surface area contributed by atoms with Crippen LogP contribution in [0.4, 0.5) is 5.82 Å². The zero-order chi connectivity index (χ0) is 10.6. The van der Waals surface area contributed by atoms with Crippen molar-refractivity contribution >= 4 is 68.3 Å². The summed E-state index contributed by atoms with van der Waals surface area (Å²) in [6.45, 7) is 2.81. The number of aromatic nitrogens is 1. The number of anilines is 1. The van der Waals surface area contributed by atoms with Crippen LogP contribution in [0.2, 0.25) is 0 Å². The summed E-state index contributed by atoms with van der Waals surface area (Å²) in [6.07, 6.45) is 0. The van der Waals surface area contributed by atoms with Crippen LogP contribution in [0.15, 0.2) is 12.1 Å². The highest BCUT2D eigenvalue weighted by molar-refractivity contribution is 14.1. The van der Waals surface area contributed by atoms with Gasteiger partial charge >= 0.3 is 0 Å². The summed E-state index contributed by atoms with van der Waals surface area (Å²) in [6, 6.07) is 3.92. The summed E-state index contributed by atoms with van der Waals surface area (Å²) in [5.41, 5.74) is 0. The molecule has 0 spiro atoms. The third-order valence-electron chi connectivity index (χ3n) is 1.38. The zero-order valence-corrected chi connectivity index (χ0v) is 12.6. The summed E-state index contributed by atoms with van der Waals surface area (Å²) in [5, 5.41) is 6.62. The van der Waals surface area contributed by atoms with E-state index in [-0.39, 0.29) is 0 Å². The van der Waals surface area contributed by atoms with Crippen molar-refractivity contribution in [3.63, 3.8) is 0 Å². The SMILES string of the molecule is CCNC(=S)Nc1ccc(I)c(I)n1. The fourth-order valence-corrected chi connectivity index (χ4v) is 1.80. The molecule has 0 aliphatic rings. The van der Waals surface area contributed by atoms with Crippen molar-refractivity contribution < 1.29 is 0 Å². The first kappa shape index (κ1) is 12.4. The molecule has 0 atom stereocenters. The third kappa shape index (κ3) is 3.81. The van der Waals surface area contributed by atoms with Crippen LogP contribution >= 0.6 is 57.4 Å². The maximum Gasteiger partial charge on any atom is 0.171 e. The maximum absolute atomic E-state index is 5.04. The Balaban J connectivity index is 2.68. The summed E-state index contributed by atoms with van der Waals surface area (Å²) < 4.78 is 2.12. The summed E-state index contributed by atoms with van der Waals surface area (Å²) in [5.74, 6) is 0.778. The number of rotatable bonds is 2. The average molecular weight is 433 g/mol. The van der Waals surface area contributed by atoms with Crippen LogP contribution in [-0.2, 0) is 0 Å².